The number of rotatable bonds is 7. The number of benzene rings is 2. The largest absolute Gasteiger partial charge is 0.351 e. The van der Waals surface area contributed by atoms with Gasteiger partial charge < -0.3 is 10.6 Å². The Morgan fingerprint density at radius 3 is 2.25 bits per heavy atom. The summed E-state index contributed by atoms with van der Waals surface area (Å²) in [6.45, 7) is 0.512. The standard InChI is InChI=1S/C27H32FN3O4S/c28-23-14-12-21(13-15-23)26(32)29-24-10-4-5-11-25(24)30-27(33)22-9-6-17-31(19-22)36(34,35)18-16-20-7-2-1-3-8-20/h1-3,7-8,12-16,18,22,24-25H,4-6,9-11,17,19H2,(H,29,32)(H,30,33)/b18-16+/t22-,24+,25+/m0/s1. The first-order chi connectivity index (χ1) is 17.3. The molecule has 3 atom stereocenters. The lowest BCUT2D eigenvalue weighted by atomic mass is 9.89. The number of halogens is 1. The highest BCUT2D eigenvalue weighted by Crippen LogP contribution is 2.24. The Morgan fingerprint density at radius 2 is 1.56 bits per heavy atom. The van der Waals surface area contributed by atoms with E-state index in [2.05, 4.69) is 10.6 Å². The van der Waals surface area contributed by atoms with Crippen LogP contribution in [0, 0.1) is 11.7 Å². The molecule has 1 heterocycles. The van der Waals surface area contributed by atoms with Crippen molar-refractivity contribution in [3.8, 4) is 0 Å². The molecule has 0 unspecified atom stereocenters. The molecule has 2 aromatic rings. The number of carbonyl (C=O) groups excluding carboxylic acids is 2. The fourth-order valence-corrected chi connectivity index (χ4v) is 6.10. The molecule has 2 aliphatic rings. The molecule has 192 valence electrons. The van der Waals surface area contributed by atoms with Gasteiger partial charge in [-0.2, -0.15) is 4.31 Å². The Balaban J connectivity index is 1.36. The van der Waals surface area contributed by atoms with Crippen LogP contribution in [-0.2, 0) is 14.8 Å². The molecular formula is C27H32FN3O4S. The first-order valence-corrected chi connectivity index (χ1v) is 13.9. The first kappa shape index (κ1) is 26.0. The number of piperidine rings is 1. The second-order valence-electron chi connectivity index (χ2n) is 9.44. The molecule has 2 amide bonds. The Labute approximate surface area is 211 Å². The molecular weight excluding hydrogens is 481 g/mol. The number of carbonyl (C=O) groups is 2. The van der Waals surface area contributed by atoms with Crippen molar-refractivity contribution in [2.45, 2.75) is 50.6 Å². The summed E-state index contributed by atoms with van der Waals surface area (Å²) >= 11 is 0. The number of sulfonamides is 1. The van der Waals surface area contributed by atoms with Crippen molar-refractivity contribution in [2.24, 2.45) is 5.92 Å². The second kappa shape index (κ2) is 11.8. The maximum Gasteiger partial charge on any atom is 0.251 e. The van der Waals surface area contributed by atoms with E-state index in [-0.39, 0.29) is 30.4 Å². The highest BCUT2D eigenvalue weighted by atomic mass is 32.2. The molecule has 0 bridgehead atoms. The topological polar surface area (TPSA) is 95.6 Å². The molecule has 4 rings (SSSR count). The molecule has 9 heteroatoms. The fraction of sp³-hybridized carbons (Fsp3) is 0.407. The molecule has 2 aromatic carbocycles. The zero-order valence-electron chi connectivity index (χ0n) is 20.1. The van der Waals surface area contributed by atoms with Crippen molar-refractivity contribution in [3.63, 3.8) is 0 Å². The van der Waals surface area contributed by atoms with Crippen LogP contribution in [0.4, 0.5) is 4.39 Å². The lowest BCUT2D eigenvalue weighted by molar-refractivity contribution is -0.127. The van der Waals surface area contributed by atoms with Crippen LogP contribution in [0.3, 0.4) is 0 Å². The molecule has 2 fully saturated rings. The van der Waals surface area contributed by atoms with Crippen molar-refractivity contribution < 1.29 is 22.4 Å². The van der Waals surface area contributed by atoms with E-state index in [1.54, 1.807) is 6.08 Å². The van der Waals surface area contributed by atoms with E-state index in [0.717, 1.165) is 31.2 Å². The number of amides is 2. The van der Waals surface area contributed by atoms with Crippen LogP contribution in [0.1, 0.15) is 54.4 Å². The molecule has 0 aromatic heterocycles. The Bertz CT molecular complexity index is 1190. The van der Waals surface area contributed by atoms with Gasteiger partial charge in [-0.3, -0.25) is 9.59 Å². The summed E-state index contributed by atoms with van der Waals surface area (Å²) in [4.78, 5) is 25.8. The van der Waals surface area contributed by atoms with Crippen molar-refractivity contribution in [1.82, 2.24) is 14.9 Å². The van der Waals surface area contributed by atoms with Crippen molar-refractivity contribution in [1.29, 1.82) is 0 Å². The van der Waals surface area contributed by atoms with E-state index in [4.69, 9.17) is 0 Å². The third kappa shape index (κ3) is 6.79. The third-order valence-corrected chi connectivity index (χ3v) is 8.39. The molecule has 2 N–H and O–H groups in total. The van der Waals surface area contributed by atoms with Crippen LogP contribution in [0.25, 0.3) is 6.08 Å². The van der Waals surface area contributed by atoms with Gasteiger partial charge in [-0.25, -0.2) is 12.8 Å². The molecule has 0 spiro atoms. The van der Waals surface area contributed by atoms with Gasteiger partial charge in [-0.1, -0.05) is 43.2 Å². The maximum absolute atomic E-state index is 13.2. The number of hydrogen-bond donors (Lipinski definition) is 2. The van der Waals surface area contributed by atoms with Gasteiger partial charge in [0.2, 0.25) is 15.9 Å². The van der Waals surface area contributed by atoms with Crippen LogP contribution >= 0.6 is 0 Å². The number of nitrogens with zero attached hydrogens (tertiary/aromatic N) is 1. The second-order valence-corrected chi connectivity index (χ2v) is 11.3. The van der Waals surface area contributed by atoms with Gasteiger partial charge >= 0.3 is 0 Å². The van der Waals surface area contributed by atoms with Gasteiger partial charge in [-0.15, -0.1) is 0 Å². The normalized spacial score (nSPS) is 23.3. The summed E-state index contributed by atoms with van der Waals surface area (Å²) in [7, 11) is -3.65. The molecule has 1 aliphatic heterocycles. The number of hydrogen-bond acceptors (Lipinski definition) is 4. The summed E-state index contributed by atoms with van der Waals surface area (Å²) in [6, 6.07) is 14.1. The van der Waals surface area contributed by atoms with Gasteiger partial charge in [0.25, 0.3) is 5.91 Å². The lowest BCUT2D eigenvalue weighted by Gasteiger charge is -2.35. The van der Waals surface area contributed by atoms with Crippen LogP contribution in [0.2, 0.25) is 0 Å². The average molecular weight is 514 g/mol. The predicted octanol–water partition coefficient (Wildman–Crippen LogP) is 3.70. The average Bonchev–Trinajstić information content (AvgIpc) is 2.89. The zero-order chi connectivity index (χ0) is 25.5. The highest BCUT2D eigenvalue weighted by molar-refractivity contribution is 7.92. The Hall–Kier alpha value is -3.04. The van der Waals surface area contributed by atoms with Crippen LogP contribution in [-0.4, -0.2) is 49.7 Å². The van der Waals surface area contributed by atoms with Crippen molar-refractivity contribution in [2.75, 3.05) is 13.1 Å². The smallest absolute Gasteiger partial charge is 0.251 e. The summed E-state index contributed by atoms with van der Waals surface area (Å²) in [5.74, 6) is -1.35. The quantitative estimate of drug-likeness (QED) is 0.590. The van der Waals surface area contributed by atoms with E-state index in [9.17, 15) is 22.4 Å². The minimum atomic E-state index is -3.65. The third-order valence-electron chi connectivity index (χ3n) is 6.86. The van der Waals surface area contributed by atoms with E-state index in [0.29, 0.717) is 24.9 Å². The highest BCUT2D eigenvalue weighted by Gasteiger charge is 2.34. The SMILES string of the molecule is O=C(N[C@@H]1CCCC[C@H]1NC(=O)[C@H]1CCCN(S(=O)(=O)/C=C/c2ccccc2)C1)c1ccc(F)cc1. The summed E-state index contributed by atoms with van der Waals surface area (Å²) in [5.41, 5.74) is 1.15. The van der Waals surface area contributed by atoms with E-state index in [1.807, 2.05) is 30.3 Å². The van der Waals surface area contributed by atoms with Gasteiger partial charge in [0.15, 0.2) is 0 Å². The van der Waals surface area contributed by atoms with E-state index >= 15 is 0 Å². The minimum absolute atomic E-state index is 0.132. The molecule has 7 nitrogen and oxygen atoms in total. The summed E-state index contributed by atoms with van der Waals surface area (Å²) in [5, 5.41) is 7.27. The van der Waals surface area contributed by atoms with Crippen molar-refractivity contribution in [3.05, 3.63) is 76.9 Å². The van der Waals surface area contributed by atoms with Crippen molar-refractivity contribution >= 4 is 27.9 Å². The van der Waals surface area contributed by atoms with Gasteiger partial charge in [0.05, 0.1) is 5.92 Å². The predicted molar refractivity (Wildman–Crippen MR) is 137 cm³/mol. The molecule has 1 aliphatic carbocycles. The lowest BCUT2D eigenvalue weighted by Crippen LogP contribution is -2.55. The van der Waals surface area contributed by atoms with Gasteiger partial charge in [-0.05, 0) is 61.6 Å². The summed E-state index contributed by atoms with van der Waals surface area (Å²) < 4.78 is 40.3. The maximum atomic E-state index is 13.2. The fourth-order valence-electron chi connectivity index (χ4n) is 4.83. The number of nitrogens with one attached hydrogen (secondary N) is 2. The monoisotopic (exact) mass is 513 g/mol. The minimum Gasteiger partial charge on any atom is -0.351 e. The molecule has 1 saturated carbocycles. The van der Waals surface area contributed by atoms with Crippen LogP contribution < -0.4 is 10.6 Å². The zero-order valence-corrected chi connectivity index (χ0v) is 20.9. The van der Waals surface area contributed by atoms with E-state index in [1.165, 1.54) is 34.0 Å². The van der Waals surface area contributed by atoms with E-state index < -0.39 is 21.8 Å². The van der Waals surface area contributed by atoms with Crippen LogP contribution in [0.15, 0.2) is 60.0 Å². The Morgan fingerprint density at radius 1 is 0.889 bits per heavy atom. The molecule has 0 radical (unpaired) electrons. The first-order valence-electron chi connectivity index (χ1n) is 12.4. The summed E-state index contributed by atoms with van der Waals surface area (Å²) in [6.07, 6.45) is 6.11. The molecule has 1 saturated heterocycles. The van der Waals surface area contributed by atoms with Gasteiger partial charge in [0, 0.05) is 36.1 Å². The molecule has 36 heavy (non-hydrogen) atoms. The van der Waals surface area contributed by atoms with Crippen LogP contribution in [0.5, 0.6) is 0 Å². The van der Waals surface area contributed by atoms with Gasteiger partial charge in [0.1, 0.15) is 5.82 Å². The Kier molecular flexibility index (Phi) is 8.53.